The van der Waals surface area contributed by atoms with Gasteiger partial charge in [0.05, 0.1) is 35.4 Å². The third-order valence-corrected chi connectivity index (χ3v) is 7.65. The fourth-order valence-corrected chi connectivity index (χ4v) is 5.51. The summed E-state index contributed by atoms with van der Waals surface area (Å²) in [6, 6.07) is 16.6. The minimum atomic E-state index is -0.251. The van der Waals surface area contributed by atoms with E-state index in [2.05, 4.69) is 19.9 Å². The molecular weight excluding hydrogens is 505 g/mol. The second-order valence-electron chi connectivity index (χ2n) is 10.3. The van der Waals surface area contributed by atoms with E-state index in [1.807, 2.05) is 41.3 Å². The number of nitrogens with one attached hydrogen (secondary N) is 2. The summed E-state index contributed by atoms with van der Waals surface area (Å²) < 4.78 is 13.8. The smallest absolute Gasteiger partial charge is 0.130 e. The number of imidazole rings is 1. The van der Waals surface area contributed by atoms with E-state index < -0.39 is 0 Å². The molecule has 1 atom stereocenters. The van der Waals surface area contributed by atoms with Crippen LogP contribution in [0.15, 0.2) is 73.1 Å². The van der Waals surface area contributed by atoms with Crippen molar-refractivity contribution in [3.05, 3.63) is 90.3 Å². The number of halogens is 1. The molecule has 2 aliphatic rings. The zero-order valence-corrected chi connectivity index (χ0v) is 22.2. The van der Waals surface area contributed by atoms with Gasteiger partial charge in [0.2, 0.25) is 0 Å². The Morgan fingerprint density at radius 2 is 1.82 bits per heavy atom. The maximum atomic E-state index is 13.8. The molecular formula is C31H32FN7O. The highest BCUT2D eigenvalue weighted by atomic mass is 19.1. The molecule has 0 amide bonds. The minimum absolute atomic E-state index is 0.00200. The first-order valence-corrected chi connectivity index (χ1v) is 13.7. The van der Waals surface area contributed by atoms with E-state index in [0.29, 0.717) is 11.7 Å². The molecule has 8 nitrogen and oxygen atoms in total. The quantitative estimate of drug-likeness (QED) is 0.223. The number of piperidine rings is 1. The first-order chi connectivity index (χ1) is 19.5. The van der Waals surface area contributed by atoms with Crippen LogP contribution in [-0.2, 0) is 0 Å². The predicted octanol–water partition coefficient (Wildman–Crippen LogP) is 5.46. The van der Waals surface area contributed by atoms with Crippen molar-refractivity contribution in [1.82, 2.24) is 24.8 Å². The molecule has 2 saturated heterocycles. The molecule has 3 N–H and O–H groups in total. The Hall–Kier alpha value is -4.37. The van der Waals surface area contributed by atoms with Crippen LogP contribution in [0, 0.1) is 11.2 Å². The standard InChI is InChI=1S/C31H32FN7O/c32-23-5-1-4-22(18-23)28-8-3-15-39(28)29(33)9-10-30-35-20-27(37-30)26-7-2-6-25(36-26)21-11-14-34-31(19-21)38-16-12-24(40)13-17-38/h1-2,4-7,9-11,14,18-20,24,28,33,40H,3,8,12-13,15-17H2,(H,35,37)/b10-9-,33-29?. The summed E-state index contributed by atoms with van der Waals surface area (Å²) in [5, 5.41) is 18.5. The lowest BCUT2D eigenvalue weighted by molar-refractivity contribution is 0.145. The number of pyridine rings is 2. The van der Waals surface area contributed by atoms with E-state index in [9.17, 15) is 9.50 Å². The lowest BCUT2D eigenvalue weighted by Gasteiger charge is -2.30. The Morgan fingerprint density at radius 3 is 2.67 bits per heavy atom. The average molecular weight is 538 g/mol. The van der Waals surface area contributed by atoms with Crippen molar-refractivity contribution < 1.29 is 9.50 Å². The van der Waals surface area contributed by atoms with Gasteiger partial charge in [-0.15, -0.1) is 0 Å². The van der Waals surface area contributed by atoms with Gasteiger partial charge in [-0.25, -0.2) is 19.3 Å². The number of aromatic nitrogens is 4. The maximum Gasteiger partial charge on any atom is 0.130 e. The van der Waals surface area contributed by atoms with Crippen LogP contribution >= 0.6 is 0 Å². The monoisotopic (exact) mass is 537 g/mol. The number of rotatable bonds is 6. The van der Waals surface area contributed by atoms with Crippen molar-refractivity contribution in [3.63, 3.8) is 0 Å². The summed E-state index contributed by atoms with van der Waals surface area (Å²) in [4.78, 5) is 21.4. The predicted molar refractivity (Wildman–Crippen MR) is 154 cm³/mol. The van der Waals surface area contributed by atoms with E-state index in [4.69, 9.17) is 10.4 Å². The summed E-state index contributed by atoms with van der Waals surface area (Å²) >= 11 is 0. The highest BCUT2D eigenvalue weighted by Gasteiger charge is 2.27. The van der Waals surface area contributed by atoms with Gasteiger partial charge in [0.25, 0.3) is 0 Å². The zero-order valence-electron chi connectivity index (χ0n) is 22.2. The number of aromatic amines is 1. The summed E-state index contributed by atoms with van der Waals surface area (Å²) in [7, 11) is 0. The molecule has 0 radical (unpaired) electrons. The van der Waals surface area contributed by atoms with E-state index in [-0.39, 0.29) is 18.0 Å². The first kappa shape index (κ1) is 25.9. The molecule has 0 spiro atoms. The molecule has 5 heterocycles. The van der Waals surface area contributed by atoms with E-state index in [1.54, 1.807) is 36.7 Å². The van der Waals surface area contributed by atoms with Crippen molar-refractivity contribution in [2.45, 2.75) is 37.8 Å². The maximum absolute atomic E-state index is 13.8. The van der Waals surface area contributed by atoms with Gasteiger partial charge in [0, 0.05) is 31.4 Å². The molecule has 0 aliphatic carbocycles. The molecule has 1 unspecified atom stereocenters. The third kappa shape index (κ3) is 5.65. The Balaban J connectivity index is 1.15. The van der Waals surface area contributed by atoms with Crippen LogP contribution in [0.25, 0.3) is 28.7 Å². The number of H-pyrrole nitrogens is 1. The van der Waals surface area contributed by atoms with Gasteiger partial charge in [-0.1, -0.05) is 18.2 Å². The van der Waals surface area contributed by atoms with Gasteiger partial charge in [-0.05, 0) is 79.8 Å². The SMILES string of the molecule is N=C(/C=C\c1ncc(-c2cccc(-c3ccnc(N4CCC(O)CC4)c3)n2)[nH]1)N1CCCC1c1cccc(F)c1. The molecule has 40 heavy (non-hydrogen) atoms. The summed E-state index contributed by atoms with van der Waals surface area (Å²) in [6.45, 7) is 2.34. The first-order valence-electron chi connectivity index (χ1n) is 13.7. The van der Waals surface area contributed by atoms with E-state index in [1.165, 1.54) is 6.07 Å². The number of aliphatic hydroxyl groups excluding tert-OH is 1. The number of amidine groups is 1. The molecule has 2 fully saturated rings. The number of nitrogens with zero attached hydrogens (tertiary/aromatic N) is 5. The van der Waals surface area contributed by atoms with Gasteiger partial charge >= 0.3 is 0 Å². The second kappa shape index (κ2) is 11.4. The fraction of sp³-hybridized carbons (Fsp3) is 0.290. The number of hydrogen-bond acceptors (Lipinski definition) is 6. The van der Waals surface area contributed by atoms with Crippen molar-refractivity contribution >= 4 is 17.7 Å². The Bertz CT molecular complexity index is 1530. The van der Waals surface area contributed by atoms with Crippen LogP contribution in [-0.4, -0.2) is 61.5 Å². The van der Waals surface area contributed by atoms with Crippen LogP contribution in [0.3, 0.4) is 0 Å². The molecule has 0 bridgehead atoms. The highest BCUT2D eigenvalue weighted by Crippen LogP contribution is 2.32. The number of aliphatic hydroxyl groups is 1. The number of likely N-dealkylation sites (tertiary alicyclic amines) is 1. The van der Waals surface area contributed by atoms with Gasteiger partial charge in [0.15, 0.2) is 0 Å². The fourth-order valence-electron chi connectivity index (χ4n) is 5.51. The molecule has 6 rings (SSSR count). The van der Waals surface area contributed by atoms with Gasteiger partial charge in [-0.2, -0.15) is 0 Å². The van der Waals surface area contributed by atoms with Gasteiger partial charge in [-0.3, -0.25) is 5.41 Å². The zero-order chi connectivity index (χ0) is 27.5. The van der Waals surface area contributed by atoms with Crippen molar-refractivity contribution in [3.8, 4) is 22.6 Å². The number of anilines is 1. The van der Waals surface area contributed by atoms with E-state index in [0.717, 1.165) is 79.3 Å². The molecule has 3 aromatic heterocycles. The molecule has 9 heteroatoms. The van der Waals surface area contributed by atoms with Crippen molar-refractivity contribution in [1.29, 1.82) is 5.41 Å². The minimum Gasteiger partial charge on any atom is -0.393 e. The Labute approximate surface area is 232 Å². The summed E-state index contributed by atoms with van der Waals surface area (Å²) in [5.41, 5.74) is 4.27. The van der Waals surface area contributed by atoms with Crippen LogP contribution in [0.4, 0.5) is 10.2 Å². The largest absolute Gasteiger partial charge is 0.393 e. The summed E-state index contributed by atoms with van der Waals surface area (Å²) in [5.74, 6) is 1.65. The molecule has 1 aromatic carbocycles. The van der Waals surface area contributed by atoms with Gasteiger partial charge < -0.3 is 19.9 Å². The molecule has 4 aromatic rings. The van der Waals surface area contributed by atoms with Crippen LogP contribution in [0.5, 0.6) is 0 Å². The van der Waals surface area contributed by atoms with Crippen LogP contribution in [0.1, 0.15) is 43.1 Å². The third-order valence-electron chi connectivity index (χ3n) is 7.65. The molecule has 2 aliphatic heterocycles. The number of benzene rings is 1. The van der Waals surface area contributed by atoms with Crippen LogP contribution in [0.2, 0.25) is 0 Å². The Morgan fingerprint density at radius 1 is 1.00 bits per heavy atom. The van der Waals surface area contributed by atoms with Crippen LogP contribution < -0.4 is 4.90 Å². The average Bonchev–Trinajstić information content (AvgIpc) is 3.67. The molecule has 204 valence electrons. The Kier molecular flexibility index (Phi) is 7.37. The van der Waals surface area contributed by atoms with Crippen molar-refractivity contribution in [2.24, 2.45) is 0 Å². The lowest BCUT2D eigenvalue weighted by atomic mass is 10.0. The summed E-state index contributed by atoms with van der Waals surface area (Å²) in [6.07, 6.45) is 10.2. The topological polar surface area (TPSA) is 105 Å². The van der Waals surface area contributed by atoms with E-state index >= 15 is 0 Å². The second-order valence-corrected chi connectivity index (χ2v) is 10.3. The highest BCUT2D eigenvalue weighted by molar-refractivity contribution is 5.94. The van der Waals surface area contributed by atoms with Crippen molar-refractivity contribution in [2.75, 3.05) is 24.5 Å². The number of hydrogen-bond donors (Lipinski definition) is 3. The molecule has 0 saturated carbocycles. The normalized spacial score (nSPS) is 18.1. The van der Waals surface area contributed by atoms with Gasteiger partial charge in [0.1, 0.15) is 23.3 Å². The lowest BCUT2D eigenvalue weighted by Crippen LogP contribution is -2.36.